The van der Waals surface area contributed by atoms with Gasteiger partial charge in [-0.2, -0.15) is 0 Å². The van der Waals surface area contributed by atoms with Gasteiger partial charge in [0.1, 0.15) is 5.01 Å². The topological polar surface area (TPSA) is 105 Å². The zero-order valence-electron chi connectivity index (χ0n) is 10.5. The normalized spacial score (nSPS) is 22.4. The Balaban J connectivity index is 1.87. The van der Waals surface area contributed by atoms with E-state index in [0.29, 0.717) is 11.6 Å². The number of carboxylic acids is 1. The highest BCUT2D eigenvalue weighted by molar-refractivity contribution is 7.09. The molecule has 0 radical (unpaired) electrons. The van der Waals surface area contributed by atoms with Gasteiger partial charge in [-0.1, -0.05) is 6.42 Å². The Morgan fingerprint density at radius 1 is 1.53 bits per heavy atom. The summed E-state index contributed by atoms with van der Waals surface area (Å²) >= 11 is 1.24. The van der Waals surface area contributed by atoms with E-state index in [9.17, 15) is 9.59 Å². The number of hydrogen-bond acceptors (Lipinski definition) is 5. The third kappa shape index (κ3) is 3.30. The number of nitrogens with two attached hydrogens (primary N) is 1. The number of carboxylic acid groups (broad SMARTS) is 1. The molecule has 1 saturated carbocycles. The van der Waals surface area contributed by atoms with Crippen LogP contribution in [0.25, 0.3) is 0 Å². The molecule has 19 heavy (non-hydrogen) atoms. The van der Waals surface area contributed by atoms with Gasteiger partial charge in [-0.15, -0.1) is 11.3 Å². The zero-order valence-corrected chi connectivity index (χ0v) is 11.3. The lowest BCUT2D eigenvalue weighted by Gasteiger charge is -2.16. The molecule has 1 fully saturated rings. The Labute approximate surface area is 115 Å². The number of nitrogens with one attached hydrogen (secondary N) is 1. The van der Waals surface area contributed by atoms with Gasteiger partial charge in [0.05, 0.1) is 6.54 Å². The van der Waals surface area contributed by atoms with Crippen molar-refractivity contribution < 1.29 is 14.7 Å². The van der Waals surface area contributed by atoms with E-state index in [0.717, 1.165) is 19.3 Å². The lowest BCUT2D eigenvalue weighted by Crippen LogP contribution is -2.34. The second-order valence-electron chi connectivity index (χ2n) is 4.68. The Bertz CT molecular complexity index is 475. The van der Waals surface area contributed by atoms with E-state index in [2.05, 4.69) is 10.3 Å². The van der Waals surface area contributed by atoms with Crippen molar-refractivity contribution in [1.82, 2.24) is 10.3 Å². The molecule has 2 rings (SSSR count). The fourth-order valence-electron chi connectivity index (χ4n) is 2.45. The molecule has 1 aromatic heterocycles. The lowest BCUT2D eigenvalue weighted by molar-refractivity contribution is -0.126. The van der Waals surface area contributed by atoms with E-state index >= 15 is 0 Å². The Morgan fingerprint density at radius 2 is 2.32 bits per heavy atom. The molecule has 1 aromatic rings. The molecule has 0 saturated heterocycles. The molecule has 1 aliphatic rings. The maximum Gasteiger partial charge on any atom is 0.355 e. The van der Waals surface area contributed by atoms with Crippen LogP contribution in [0.5, 0.6) is 0 Å². The Morgan fingerprint density at radius 3 is 2.95 bits per heavy atom. The number of thiazole rings is 1. The quantitative estimate of drug-likeness (QED) is 0.742. The van der Waals surface area contributed by atoms with Crippen molar-refractivity contribution in [3.05, 3.63) is 16.1 Å². The van der Waals surface area contributed by atoms with Crippen molar-refractivity contribution in [3.63, 3.8) is 0 Å². The smallest absolute Gasteiger partial charge is 0.355 e. The summed E-state index contributed by atoms with van der Waals surface area (Å²) in [7, 11) is 0. The van der Waals surface area contributed by atoms with Gasteiger partial charge in [0.2, 0.25) is 5.91 Å². The summed E-state index contributed by atoms with van der Waals surface area (Å²) in [4.78, 5) is 26.6. The van der Waals surface area contributed by atoms with Crippen LogP contribution in [0.3, 0.4) is 0 Å². The molecule has 104 valence electrons. The van der Waals surface area contributed by atoms with Gasteiger partial charge >= 0.3 is 5.97 Å². The van der Waals surface area contributed by atoms with Crippen LogP contribution in [0, 0.1) is 11.8 Å². The molecule has 1 amide bonds. The first-order valence-electron chi connectivity index (χ1n) is 6.27. The molecule has 1 aliphatic carbocycles. The van der Waals surface area contributed by atoms with Gasteiger partial charge in [-0.3, -0.25) is 4.79 Å². The number of carbonyl (C=O) groups is 2. The van der Waals surface area contributed by atoms with Crippen molar-refractivity contribution in [2.45, 2.75) is 25.8 Å². The average molecular weight is 283 g/mol. The highest BCUT2D eigenvalue weighted by Crippen LogP contribution is 2.31. The van der Waals surface area contributed by atoms with Crippen molar-refractivity contribution >= 4 is 23.2 Å². The first-order valence-corrected chi connectivity index (χ1v) is 7.15. The number of nitrogens with zero attached hydrogens (tertiary/aromatic N) is 1. The van der Waals surface area contributed by atoms with Gasteiger partial charge in [-0.25, -0.2) is 9.78 Å². The fourth-order valence-corrected chi connectivity index (χ4v) is 3.16. The van der Waals surface area contributed by atoms with Crippen molar-refractivity contribution in [3.8, 4) is 0 Å². The molecule has 2 atom stereocenters. The van der Waals surface area contributed by atoms with Crippen LogP contribution in [-0.4, -0.2) is 28.5 Å². The number of amides is 1. The zero-order chi connectivity index (χ0) is 13.8. The number of hydrogen-bond donors (Lipinski definition) is 3. The minimum Gasteiger partial charge on any atom is -0.476 e. The third-order valence-electron chi connectivity index (χ3n) is 3.48. The molecule has 4 N–H and O–H groups in total. The maximum atomic E-state index is 12.0. The van der Waals surface area contributed by atoms with Crippen molar-refractivity contribution in [1.29, 1.82) is 0 Å². The summed E-state index contributed by atoms with van der Waals surface area (Å²) in [5.74, 6) is -0.789. The highest BCUT2D eigenvalue weighted by atomic mass is 32.1. The van der Waals surface area contributed by atoms with E-state index in [-0.39, 0.29) is 30.0 Å². The predicted molar refractivity (Wildman–Crippen MR) is 70.8 cm³/mol. The van der Waals surface area contributed by atoms with Crippen LogP contribution in [-0.2, 0) is 11.3 Å². The van der Waals surface area contributed by atoms with Crippen LogP contribution < -0.4 is 11.1 Å². The molecule has 7 heteroatoms. The highest BCUT2D eigenvalue weighted by Gasteiger charge is 2.31. The number of aromatic nitrogens is 1. The van der Waals surface area contributed by atoms with E-state index in [1.807, 2.05) is 0 Å². The number of carbonyl (C=O) groups excluding carboxylic acids is 1. The van der Waals surface area contributed by atoms with Gasteiger partial charge in [-0.05, 0) is 25.3 Å². The van der Waals surface area contributed by atoms with E-state index in [4.69, 9.17) is 10.8 Å². The summed E-state index contributed by atoms with van der Waals surface area (Å²) in [6.45, 7) is 0.822. The lowest BCUT2D eigenvalue weighted by atomic mass is 9.95. The summed E-state index contributed by atoms with van der Waals surface area (Å²) in [5, 5.41) is 13.7. The summed E-state index contributed by atoms with van der Waals surface area (Å²) in [6.07, 6.45) is 2.93. The summed E-state index contributed by atoms with van der Waals surface area (Å²) < 4.78 is 0. The van der Waals surface area contributed by atoms with E-state index in [1.165, 1.54) is 16.7 Å². The molecular formula is C12H17N3O3S. The van der Waals surface area contributed by atoms with E-state index in [1.54, 1.807) is 0 Å². The molecule has 0 aromatic carbocycles. The largest absolute Gasteiger partial charge is 0.476 e. The van der Waals surface area contributed by atoms with Gasteiger partial charge < -0.3 is 16.2 Å². The van der Waals surface area contributed by atoms with Gasteiger partial charge in [0.15, 0.2) is 5.69 Å². The predicted octanol–water partition coefficient (Wildman–Crippen LogP) is 0.832. The molecule has 0 bridgehead atoms. The second-order valence-corrected chi connectivity index (χ2v) is 5.63. The Hall–Kier alpha value is -1.47. The molecule has 6 nitrogen and oxygen atoms in total. The van der Waals surface area contributed by atoms with Gasteiger partial charge in [0, 0.05) is 11.3 Å². The molecule has 0 spiro atoms. The fraction of sp³-hybridized carbons (Fsp3) is 0.583. The van der Waals surface area contributed by atoms with Gasteiger partial charge in [0.25, 0.3) is 0 Å². The molecule has 1 heterocycles. The van der Waals surface area contributed by atoms with Crippen LogP contribution in [0.2, 0.25) is 0 Å². The standard InChI is InChI=1S/C12H17N3O3S/c13-4-7-2-1-3-8(7)11(16)14-5-10-15-9(6-19-10)12(17)18/h6-8H,1-5,13H2,(H,14,16)(H,17,18). The third-order valence-corrected chi connectivity index (χ3v) is 4.33. The van der Waals surface area contributed by atoms with Crippen LogP contribution >= 0.6 is 11.3 Å². The monoisotopic (exact) mass is 283 g/mol. The average Bonchev–Trinajstić information content (AvgIpc) is 3.04. The van der Waals surface area contributed by atoms with Crippen LogP contribution in [0.4, 0.5) is 0 Å². The summed E-state index contributed by atoms with van der Waals surface area (Å²) in [5.41, 5.74) is 5.67. The first-order chi connectivity index (χ1) is 9.11. The van der Waals surface area contributed by atoms with Crippen molar-refractivity contribution in [2.24, 2.45) is 17.6 Å². The Kier molecular flexibility index (Phi) is 4.49. The minimum atomic E-state index is -1.05. The molecular weight excluding hydrogens is 266 g/mol. The number of rotatable bonds is 5. The first kappa shape index (κ1) is 14.0. The molecule has 2 unspecified atom stereocenters. The van der Waals surface area contributed by atoms with E-state index < -0.39 is 5.97 Å². The van der Waals surface area contributed by atoms with Crippen LogP contribution in [0.15, 0.2) is 5.38 Å². The maximum absolute atomic E-state index is 12.0. The SMILES string of the molecule is NCC1CCCC1C(=O)NCc1nc(C(=O)O)cs1. The van der Waals surface area contributed by atoms with Crippen molar-refractivity contribution in [2.75, 3.05) is 6.54 Å². The molecule has 0 aliphatic heterocycles. The summed E-state index contributed by atoms with van der Waals surface area (Å²) in [6, 6.07) is 0. The minimum absolute atomic E-state index is 0.0000231. The van der Waals surface area contributed by atoms with Crippen LogP contribution in [0.1, 0.15) is 34.8 Å². The number of aromatic carboxylic acids is 1. The second kappa shape index (κ2) is 6.12.